The maximum Gasteiger partial charge on any atom is 0.217 e. The molecule has 120 valence electrons. The van der Waals surface area contributed by atoms with Crippen LogP contribution in [0.3, 0.4) is 0 Å². The lowest BCUT2D eigenvalue weighted by atomic mass is 10.3. The molecule has 0 fully saturated rings. The highest BCUT2D eigenvalue weighted by atomic mass is 32.2. The molecule has 2 N–H and O–H groups in total. The van der Waals surface area contributed by atoms with Crippen molar-refractivity contribution in [2.75, 3.05) is 44.4 Å². The summed E-state index contributed by atoms with van der Waals surface area (Å²) in [6.07, 6.45) is 0. The van der Waals surface area contributed by atoms with Gasteiger partial charge in [-0.1, -0.05) is 6.92 Å². The third-order valence-corrected chi connectivity index (χ3v) is 4.84. The third-order valence-electron chi connectivity index (χ3n) is 2.93. The van der Waals surface area contributed by atoms with Gasteiger partial charge in [0.05, 0.1) is 12.4 Å². The Labute approximate surface area is 126 Å². The summed E-state index contributed by atoms with van der Waals surface area (Å²) in [4.78, 5) is 0. The van der Waals surface area contributed by atoms with Crippen molar-refractivity contribution >= 4 is 15.7 Å². The number of benzene rings is 1. The fourth-order valence-corrected chi connectivity index (χ4v) is 3.06. The van der Waals surface area contributed by atoms with Crippen LogP contribution in [-0.4, -0.2) is 51.4 Å². The van der Waals surface area contributed by atoms with Gasteiger partial charge in [0.15, 0.2) is 0 Å². The number of hydrogen-bond donors (Lipinski definition) is 1. The molecule has 0 spiro atoms. The Morgan fingerprint density at radius 2 is 1.81 bits per heavy atom. The van der Waals surface area contributed by atoms with E-state index >= 15 is 0 Å². The molecule has 0 aliphatic carbocycles. The fraction of sp³-hybridized carbons (Fsp3) is 0.571. The van der Waals surface area contributed by atoms with Gasteiger partial charge in [-0.25, -0.2) is 8.42 Å². The van der Waals surface area contributed by atoms with Crippen LogP contribution in [0, 0.1) is 0 Å². The second kappa shape index (κ2) is 8.86. The highest BCUT2D eigenvalue weighted by Crippen LogP contribution is 2.13. The van der Waals surface area contributed by atoms with Gasteiger partial charge in [0, 0.05) is 25.4 Å². The molecule has 0 saturated heterocycles. The van der Waals surface area contributed by atoms with E-state index in [1.165, 1.54) is 4.31 Å². The van der Waals surface area contributed by atoms with Crippen molar-refractivity contribution in [3.8, 4) is 5.75 Å². The minimum absolute atomic E-state index is 0.0582. The van der Waals surface area contributed by atoms with Crippen LogP contribution in [0.5, 0.6) is 5.75 Å². The Morgan fingerprint density at radius 3 is 2.38 bits per heavy atom. The summed E-state index contributed by atoms with van der Waals surface area (Å²) in [5, 5.41) is 0. The minimum atomic E-state index is -3.33. The molecule has 0 amide bonds. The first-order chi connectivity index (χ1) is 9.99. The second-order valence-corrected chi connectivity index (χ2v) is 6.51. The van der Waals surface area contributed by atoms with Crippen LogP contribution in [0.25, 0.3) is 0 Å². The molecule has 0 atom stereocenters. The lowest BCUT2D eigenvalue weighted by Crippen LogP contribution is -2.37. The topological polar surface area (TPSA) is 81.9 Å². The average Bonchev–Trinajstić information content (AvgIpc) is 2.45. The number of hydrogen-bond acceptors (Lipinski definition) is 5. The van der Waals surface area contributed by atoms with Crippen molar-refractivity contribution < 1.29 is 17.9 Å². The van der Waals surface area contributed by atoms with Crippen molar-refractivity contribution in [2.24, 2.45) is 0 Å². The van der Waals surface area contributed by atoms with E-state index in [0.29, 0.717) is 37.7 Å². The van der Waals surface area contributed by atoms with Gasteiger partial charge in [-0.3, -0.25) is 0 Å². The van der Waals surface area contributed by atoms with Gasteiger partial charge in [0.1, 0.15) is 12.4 Å². The number of likely N-dealkylation sites (N-methyl/N-ethyl adjacent to an activating group) is 1. The van der Waals surface area contributed by atoms with E-state index in [-0.39, 0.29) is 12.4 Å². The molecule has 6 nitrogen and oxygen atoms in total. The van der Waals surface area contributed by atoms with Crippen molar-refractivity contribution in [1.82, 2.24) is 4.31 Å². The average molecular weight is 316 g/mol. The first-order valence-corrected chi connectivity index (χ1v) is 8.64. The van der Waals surface area contributed by atoms with Gasteiger partial charge in [-0.15, -0.1) is 0 Å². The zero-order valence-electron chi connectivity index (χ0n) is 12.6. The number of nitrogens with two attached hydrogens (primary N) is 1. The van der Waals surface area contributed by atoms with Gasteiger partial charge in [0.2, 0.25) is 10.0 Å². The normalized spacial score (nSPS) is 11.8. The summed E-state index contributed by atoms with van der Waals surface area (Å²) in [6, 6.07) is 6.86. The number of anilines is 1. The Kier molecular flexibility index (Phi) is 7.49. The number of rotatable bonds is 10. The molecule has 1 rings (SSSR count). The first kappa shape index (κ1) is 17.7. The number of nitrogens with zero attached hydrogens (tertiary/aromatic N) is 1. The molecule has 0 aliphatic heterocycles. The highest BCUT2D eigenvalue weighted by Gasteiger charge is 2.20. The summed E-state index contributed by atoms with van der Waals surface area (Å²) in [7, 11) is -3.33. The summed E-state index contributed by atoms with van der Waals surface area (Å²) in [5.74, 6) is 0.550. The summed E-state index contributed by atoms with van der Waals surface area (Å²) >= 11 is 0. The van der Waals surface area contributed by atoms with Crippen molar-refractivity contribution in [1.29, 1.82) is 0 Å². The van der Waals surface area contributed by atoms with Crippen molar-refractivity contribution in [3.63, 3.8) is 0 Å². The van der Waals surface area contributed by atoms with Gasteiger partial charge in [-0.2, -0.15) is 4.31 Å². The Morgan fingerprint density at radius 1 is 1.14 bits per heavy atom. The standard InChI is InChI=1S/C14H24N2O4S/c1-3-16(9-10-19-4-2)21(17,18)12-11-20-14-7-5-13(15)6-8-14/h5-8H,3-4,9-12,15H2,1-2H3. The molecule has 0 heterocycles. The van der Waals surface area contributed by atoms with Gasteiger partial charge in [-0.05, 0) is 31.2 Å². The second-order valence-electron chi connectivity index (χ2n) is 4.42. The Bertz CT molecular complexity index is 502. The van der Waals surface area contributed by atoms with E-state index in [2.05, 4.69) is 0 Å². The predicted octanol–water partition coefficient (Wildman–Crippen LogP) is 1.34. The predicted molar refractivity (Wildman–Crippen MR) is 83.9 cm³/mol. The van der Waals surface area contributed by atoms with Crippen LogP contribution in [0.2, 0.25) is 0 Å². The molecule has 7 heteroatoms. The molecule has 21 heavy (non-hydrogen) atoms. The largest absolute Gasteiger partial charge is 0.492 e. The van der Waals surface area contributed by atoms with Crippen LogP contribution in [0.15, 0.2) is 24.3 Å². The lowest BCUT2D eigenvalue weighted by Gasteiger charge is -2.20. The number of sulfonamides is 1. The molecule has 0 bridgehead atoms. The lowest BCUT2D eigenvalue weighted by molar-refractivity contribution is 0.135. The van der Waals surface area contributed by atoms with E-state index in [9.17, 15) is 8.42 Å². The maximum absolute atomic E-state index is 12.2. The van der Waals surface area contributed by atoms with Gasteiger partial charge >= 0.3 is 0 Å². The molecule has 0 aromatic heterocycles. The van der Waals surface area contributed by atoms with Crippen molar-refractivity contribution in [3.05, 3.63) is 24.3 Å². The molecule has 0 saturated carbocycles. The van der Waals surface area contributed by atoms with Crippen molar-refractivity contribution in [2.45, 2.75) is 13.8 Å². The first-order valence-electron chi connectivity index (χ1n) is 7.03. The Hall–Kier alpha value is -1.31. The van der Waals surface area contributed by atoms with Crippen LogP contribution in [0.1, 0.15) is 13.8 Å². The zero-order valence-corrected chi connectivity index (χ0v) is 13.4. The molecule has 0 unspecified atom stereocenters. The third kappa shape index (κ3) is 6.33. The van der Waals surface area contributed by atoms with Crippen LogP contribution in [0.4, 0.5) is 5.69 Å². The SMILES string of the molecule is CCOCCN(CC)S(=O)(=O)CCOc1ccc(N)cc1. The van der Waals surface area contributed by atoms with Crippen LogP contribution >= 0.6 is 0 Å². The fourth-order valence-electron chi connectivity index (χ4n) is 1.76. The van der Waals surface area contributed by atoms with Gasteiger partial charge < -0.3 is 15.2 Å². The smallest absolute Gasteiger partial charge is 0.217 e. The molecular weight excluding hydrogens is 292 g/mol. The molecular formula is C14H24N2O4S. The highest BCUT2D eigenvalue weighted by molar-refractivity contribution is 7.89. The maximum atomic E-state index is 12.2. The van der Waals surface area contributed by atoms with Crippen LogP contribution in [-0.2, 0) is 14.8 Å². The zero-order chi connectivity index (χ0) is 15.7. The molecule has 1 aromatic rings. The monoisotopic (exact) mass is 316 g/mol. The minimum Gasteiger partial charge on any atom is -0.492 e. The number of ether oxygens (including phenoxy) is 2. The van der Waals surface area contributed by atoms with E-state index in [0.717, 1.165) is 0 Å². The van der Waals surface area contributed by atoms with E-state index in [1.54, 1.807) is 24.3 Å². The summed E-state index contributed by atoms with van der Waals surface area (Å²) < 4.78 is 36.4. The Balaban J connectivity index is 2.45. The molecule has 0 aliphatic rings. The quantitative estimate of drug-likeness (QED) is 0.520. The van der Waals surface area contributed by atoms with E-state index in [4.69, 9.17) is 15.2 Å². The van der Waals surface area contributed by atoms with Gasteiger partial charge in [0.25, 0.3) is 0 Å². The molecule has 1 aromatic carbocycles. The molecule has 0 radical (unpaired) electrons. The summed E-state index contributed by atoms with van der Waals surface area (Å²) in [6.45, 7) is 5.58. The number of nitrogen functional groups attached to an aromatic ring is 1. The van der Waals surface area contributed by atoms with E-state index in [1.807, 2.05) is 13.8 Å². The summed E-state index contributed by atoms with van der Waals surface area (Å²) in [5.41, 5.74) is 6.21. The van der Waals surface area contributed by atoms with Crippen LogP contribution < -0.4 is 10.5 Å². The van der Waals surface area contributed by atoms with E-state index < -0.39 is 10.0 Å².